The lowest BCUT2D eigenvalue weighted by Crippen LogP contribution is -2.29. The summed E-state index contributed by atoms with van der Waals surface area (Å²) in [4.78, 5) is 22.6. The Bertz CT molecular complexity index is 8160. The summed E-state index contributed by atoms with van der Waals surface area (Å²) in [7, 11) is 0. The zero-order valence-electron chi connectivity index (χ0n) is 67.0. The van der Waals surface area contributed by atoms with Crippen LogP contribution in [0.2, 0.25) is 0 Å². The molecule has 574 valence electrons. The standard InChI is InChI=1S/C118H70N4O2/c1-4-29-71(30-5-1)77-63-78(72-31-6-2-7-32-72)65-79(64-77)107-69-106(120-116(121-107)94-47-26-45-90-89-41-17-24-54-109(89)124-114(90)94)75-59-62-102-96(67-75)82-36-11-10-35-81(82)84-37-12-19-48-97(84)117(102)101-52-23-16-42-91(101)112-80(44-27-53-103(112)117)74-57-60-83-88-61-58-76(68-104(88)118(100-51-22-15-40-87(100)95(83)66-74)98-49-20-13-38-85(98)86-39-14-21-50-99(86)118)115-119-105(73-33-8-3-9-34-73)70-108(122-115)92-46-28-56-111-113(92)93-43-18-25-55-110(93)123-111/h1-70H. The maximum atomic E-state index is 6.86. The third-order valence-corrected chi connectivity index (χ3v) is 26.8. The molecule has 0 amide bonds. The molecule has 4 aliphatic carbocycles. The molecule has 18 aromatic carbocycles. The van der Waals surface area contributed by atoms with E-state index in [1.54, 1.807) is 0 Å². The summed E-state index contributed by atoms with van der Waals surface area (Å²) in [5.41, 5.74) is 41.0. The maximum absolute atomic E-state index is 6.86. The van der Waals surface area contributed by atoms with Crippen LogP contribution >= 0.6 is 0 Å². The molecule has 6 nitrogen and oxygen atoms in total. The van der Waals surface area contributed by atoms with E-state index in [1.807, 2.05) is 24.3 Å². The topological polar surface area (TPSA) is 77.8 Å². The molecule has 2 spiro atoms. The van der Waals surface area contributed by atoms with Gasteiger partial charge in [-0.05, 0) is 217 Å². The second kappa shape index (κ2) is 27.1. The van der Waals surface area contributed by atoms with Gasteiger partial charge in [0.1, 0.15) is 22.3 Å². The van der Waals surface area contributed by atoms with Gasteiger partial charge in [-0.15, -0.1) is 0 Å². The van der Waals surface area contributed by atoms with Crippen LogP contribution < -0.4 is 0 Å². The summed E-state index contributed by atoms with van der Waals surface area (Å²) in [6, 6.07) is 156. The van der Waals surface area contributed by atoms with Gasteiger partial charge in [0.05, 0.1) is 39.2 Å². The van der Waals surface area contributed by atoms with Crippen LogP contribution in [0, 0.1) is 0 Å². The molecule has 1 unspecified atom stereocenters. The van der Waals surface area contributed by atoms with Crippen LogP contribution in [-0.4, -0.2) is 19.9 Å². The molecule has 22 aromatic rings. The highest BCUT2D eigenvalue weighted by Gasteiger charge is 2.52. The minimum atomic E-state index is -0.827. The van der Waals surface area contributed by atoms with E-state index in [2.05, 4.69) is 400 Å². The molecule has 0 N–H and O–H groups in total. The lowest BCUT2D eigenvalue weighted by atomic mass is 9.65. The molecule has 1 atom stereocenters. The van der Waals surface area contributed by atoms with E-state index in [4.69, 9.17) is 28.8 Å². The first kappa shape index (κ1) is 69.6. The lowest BCUT2D eigenvalue weighted by Gasteiger charge is -2.35. The van der Waals surface area contributed by atoms with Gasteiger partial charge in [-0.2, -0.15) is 0 Å². The smallest absolute Gasteiger partial charge is 0.164 e. The molecule has 124 heavy (non-hydrogen) atoms. The van der Waals surface area contributed by atoms with Crippen LogP contribution in [0.1, 0.15) is 44.5 Å². The predicted octanol–water partition coefficient (Wildman–Crippen LogP) is 30.1. The third-order valence-electron chi connectivity index (χ3n) is 26.8. The highest BCUT2D eigenvalue weighted by molar-refractivity contribution is 6.13. The van der Waals surface area contributed by atoms with Gasteiger partial charge in [0.15, 0.2) is 11.6 Å². The molecule has 4 aliphatic rings. The van der Waals surface area contributed by atoms with Crippen molar-refractivity contribution in [1.82, 2.24) is 19.9 Å². The normalized spacial score (nSPS) is 13.9. The zero-order valence-corrected chi connectivity index (χ0v) is 67.0. The molecule has 0 fully saturated rings. The van der Waals surface area contributed by atoms with E-state index < -0.39 is 10.8 Å². The number of nitrogens with zero attached hydrogens (tertiary/aromatic N) is 4. The molecule has 0 saturated heterocycles. The summed E-state index contributed by atoms with van der Waals surface area (Å²) in [6.07, 6.45) is 0. The Hall–Kier alpha value is -16.3. The van der Waals surface area contributed by atoms with Crippen LogP contribution in [0.3, 0.4) is 0 Å². The van der Waals surface area contributed by atoms with Gasteiger partial charge >= 0.3 is 0 Å². The van der Waals surface area contributed by atoms with E-state index in [-0.39, 0.29) is 0 Å². The average molecular weight is 1580 g/mol. The van der Waals surface area contributed by atoms with E-state index in [1.165, 1.54) is 77.9 Å². The van der Waals surface area contributed by atoms with Gasteiger partial charge < -0.3 is 8.83 Å². The minimum absolute atomic E-state index is 0.572. The molecule has 0 saturated carbocycles. The highest BCUT2D eigenvalue weighted by Crippen LogP contribution is 2.66. The third kappa shape index (κ3) is 10.2. The van der Waals surface area contributed by atoms with Gasteiger partial charge in [0.25, 0.3) is 0 Å². The number of aromatic nitrogens is 4. The molecule has 6 heteroatoms. The Balaban J connectivity index is 0.679. The van der Waals surface area contributed by atoms with Gasteiger partial charge in [-0.1, -0.05) is 352 Å². The number of hydrogen-bond donors (Lipinski definition) is 0. The first-order chi connectivity index (χ1) is 61.5. The minimum Gasteiger partial charge on any atom is -0.456 e. The molecular weight excluding hydrogens is 1510 g/mol. The second-order valence-corrected chi connectivity index (χ2v) is 33.2. The Kier molecular flexibility index (Phi) is 15.2. The lowest BCUT2D eigenvalue weighted by molar-refractivity contribution is 0.669. The van der Waals surface area contributed by atoms with Crippen LogP contribution in [0.15, 0.2) is 433 Å². The number of fused-ring (bicyclic) bond motifs is 30. The SMILES string of the molecule is c1ccc(-c2cc(-c3ccccc3)cc(-c3cc(-c4ccc5c(c4)-c4ccccc4-c4ccccc4C54c5ccccc5-c5c(-c6ccc7c(c6)-c6ccccc6C6(c8cc(-c9nc(-c%10ccccc%10)cc(-c%10cccc%11oc%12ccccc%12c%10%11)n9)ccc8-7)c7ccccc7-c7ccccc76)cccc54)nc(-c4cccc5c4oc4ccccc45)n3)c2)cc1. The van der Waals surface area contributed by atoms with Crippen LogP contribution in [-0.2, 0) is 10.8 Å². The van der Waals surface area contributed by atoms with Crippen molar-refractivity contribution in [2.75, 3.05) is 0 Å². The zero-order chi connectivity index (χ0) is 81.3. The predicted molar refractivity (Wildman–Crippen MR) is 505 cm³/mol. The summed E-state index contributed by atoms with van der Waals surface area (Å²) < 4.78 is 13.4. The molecule has 4 aromatic heterocycles. The van der Waals surface area contributed by atoms with Crippen molar-refractivity contribution in [2.45, 2.75) is 10.8 Å². The number of benzene rings is 18. The Morgan fingerprint density at radius 1 is 0.169 bits per heavy atom. The molecule has 0 bridgehead atoms. The molecule has 4 heterocycles. The first-order valence-corrected chi connectivity index (χ1v) is 42.5. The number of rotatable bonds is 9. The van der Waals surface area contributed by atoms with E-state index in [0.717, 1.165) is 167 Å². The molecule has 0 radical (unpaired) electrons. The van der Waals surface area contributed by atoms with Crippen molar-refractivity contribution >= 4 is 43.9 Å². The van der Waals surface area contributed by atoms with Crippen molar-refractivity contribution < 1.29 is 8.83 Å². The average Bonchev–Trinajstić information content (AvgIpc) is 1.52. The quantitative estimate of drug-likeness (QED) is 0.143. The van der Waals surface area contributed by atoms with Crippen LogP contribution in [0.5, 0.6) is 0 Å². The fourth-order valence-corrected chi connectivity index (χ4v) is 21.6. The fraction of sp³-hybridized carbons (Fsp3) is 0.0169. The summed E-state index contributed by atoms with van der Waals surface area (Å²) in [5.74, 6) is 1.20. The number of furan rings is 2. The van der Waals surface area contributed by atoms with Crippen molar-refractivity contribution in [1.29, 1.82) is 0 Å². The molecule has 0 aliphatic heterocycles. The van der Waals surface area contributed by atoms with E-state index in [0.29, 0.717) is 11.6 Å². The summed E-state index contributed by atoms with van der Waals surface area (Å²) in [6.45, 7) is 0. The van der Waals surface area contributed by atoms with Gasteiger partial charge in [-0.25, -0.2) is 19.9 Å². The summed E-state index contributed by atoms with van der Waals surface area (Å²) in [5, 5.41) is 4.13. The van der Waals surface area contributed by atoms with Crippen molar-refractivity contribution in [3.8, 4) is 168 Å². The van der Waals surface area contributed by atoms with E-state index in [9.17, 15) is 0 Å². The Morgan fingerprint density at radius 3 is 1.24 bits per heavy atom. The number of hydrogen-bond acceptors (Lipinski definition) is 6. The highest BCUT2D eigenvalue weighted by atomic mass is 16.3. The monoisotopic (exact) mass is 1570 g/mol. The van der Waals surface area contributed by atoms with Crippen molar-refractivity contribution in [2.24, 2.45) is 0 Å². The number of para-hydroxylation sites is 3. The maximum Gasteiger partial charge on any atom is 0.164 e. The molecular formula is C118H70N4O2. The summed E-state index contributed by atoms with van der Waals surface area (Å²) >= 11 is 0. The van der Waals surface area contributed by atoms with Gasteiger partial charge in [0.2, 0.25) is 0 Å². The van der Waals surface area contributed by atoms with Crippen molar-refractivity contribution in [3.05, 3.63) is 469 Å². The Labute approximate surface area is 715 Å². The Morgan fingerprint density at radius 2 is 0.565 bits per heavy atom. The van der Waals surface area contributed by atoms with Crippen LogP contribution in [0.4, 0.5) is 0 Å². The van der Waals surface area contributed by atoms with Gasteiger partial charge in [0, 0.05) is 49.4 Å². The van der Waals surface area contributed by atoms with E-state index >= 15 is 0 Å². The molecule has 26 rings (SSSR count). The van der Waals surface area contributed by atoms with Crippen LogP contribution in [0.25, 0.3) is 212 Å². The largest absolute Gasteiger partial charge is 0.456 e. The second-order valence-electron chi connectivity index (χ2n) is 33.2. The van der Waals surface area contributed by atoms with Gasteiger partial charge in [-0.3, -0.25) is 0 Å². The van der Waals surface area contributed by atoms with Crippen molar-refractivity contribution in [3.63, 3.8) is 0 Å². The fourth-order valence-electron chi connectivity index (χ4n) is 21.6. The first-order valence-electron chi connectivity index (χ1n) is 42.5.